The highest BCUT2D eigenvalue weighted by Gasteiger charge is 2.35. The lowest BCUT2D eigenvalue weighted by Crippen LogP contribution is -2.27. The summed E-state index contributed by atoms with van der Waals surface area (Å²) in [5.41, 5.74) is -0.448. The fourth-order valence-corrected chi connectivity index (χ4v) is 3.26. The Balaban J connectivity index is 1.84. The van der Waals surface area contributed by atoms with E-state index in [1.165, 1.54) is 36.0 Å². The van der Waals surface area contributed by atoms with Crippen LogP contribution in [0.2, 0.25) is 0 Å². The zero-order chi connectivity index (χ0) is 20.5. The van der Waals surface area contributed by atoms with Crippen molar-refractivity contribution in [3.05, 3.63) is 52.4 Å². The smallest absolute Gasteiger partial charge is 0.416 e. The van der Waals surface area contributed by atoms with Crippen molar-refractivity contribution >= 4 is 0 Å². The summed E-state index contributed by atoms with van der Waals surface area (Å²) in [5.74, 6) is -2.76. The highest BCUT2D eigenvalue weighted by molar-refractivity contribution is 5.65. The summed E-state index contributed by atoms with van der Waals surface area (Å²) in [5, 5.41) is 0. The third kappa shape index (κ3) is 4.91. The van der Waals surface area contributed by atoms with Gasteiger partial charge in [0.05, 0.1) is 12.2 Å². The maximum Gasteiger partial charge on any atom is 0.416 e. The summed E-state index contributed by atoms with van der Waals surface area (Å²) in [7, 11) is 1.51. The molecule has 0 amide bonds. The minimum absolute atomic E-state index is 0.0241. The molecule has 0 saturated heterocycles. The van der Waals surface area contributed by atoms with Crippen LogP contribution in [0.25, 0.3) is 11.1 Å². The van der Waals surface area contributed by atoms with Gasteiger partial charge in [-0.3, -0.25) is 4.79 Å². The quantitative estimate of drug-likeness (QED) is 0.653. The van der Waals surface area contributed by atoms with Crippen molar-refractivity contribution in [2.24, 2.45) is 13.0 Å². The molecule has 0 unspecified atom stereocenters. The second kappa shape index (κ2) is 7.56. The summed E-state index contributed by atoms with van der Waals surface area (Å²) in [6, 6.07) is 6.09. The Morgan fingerprint density at radius 1 is 1.11 bits per heavy atom. The van der Waals surface area contributed by atoms with Gasteiger partial charge in [-0.2, -0.15) is 13.2 Å². The molecule has 1 aliphatic carbocycles. The number of benzene rings is 1. The molecule has 8 heteroatoms. The van der Waals surface area contributed by atoms with E-state index in [0.717, 1.165) is 12.1 Å². The molecule has 1 fully saturated rings. The lowest BCUT2D eigenvalue weighted by atomic mass is 9.87. The third-order valence-electron chi connectivity index (χ3n) is 4.98. The first-order chi connectivity index (χ1) is 13.0. The average molecular weight is 401 g/mol. The van der Waals surface area contributed by atoms with Gasteiger partial charge in [-0.1, -0.05) is 0 Å². The largest absolute Gasteiger partial charge is 0.493 e. The van der Waals surface area contributed by atoms with E-state index in [1.807, 2.05) is 0 Å². The van der Waals surface area contributed by atoms with Crippen LogP contribution in [0, 0.1) is 5.92 Å². The van der Waals surface area contributed by atoms with Crippen molar-refractivity contribution in [3.8, 4) is 16.9 Å². The van der Waals surface area contributed by atoms with E-state index in [0.29, 0.717) is 5.56 Å². The van der Waals surface area contributed by atoms with E-state index in [9.17, 15) is 26.7 Å². The zero-order valence-electron chi connectivity index (χ0n) is 15.2. The van der Waals surface area contributed by atoms with Crippen LogP contribution in [0.5, 0.6) is 5.75 Å². The molecule has 1 heterocycles. The number of hydrogen-bond acceptors (Lipinski definition) is 2. The molecular formula is C20H20F5NO2. The fourth-order valence-electron chi connectivity index (χ4n) is 3.26. The van der Waals surface area contributed by atoms with Crippen molar-refractivity contribution in [2.75, 3.05) is 6.61 Å². The number of rotatable bonds is 4. The maximum absolute atomic E-state index is 13.3. The molecule has 0 bridgehead atoms. The van der Waals surface area contributed by atoms with Crippen LogP contribution < -0.4 is 10.3 Å². The molecule has 152 valence electrons. The summed E-state index contributed by atoms with van der Waals surface area (Å²) in [6.07, 6.45) is -3.02. The first kappa shape index (κ1) is 20.4. The zero-order valence-corrected chi connectivity index (χ0v) is 15.2. The van der Waals surface area contributed by atoms with E-state index in [2.05, 4.69) is 0 Å². The second-order valence-corrected chi connectivity index (χ2v) is 7.22. The van der Waals surface area contributed by atoms with Crippen LogP contribution in [-0.2, 0) is 13.2 Å². The van der Waals surface area contributed by atoms with Crippen molar-refractivity contribution in [1.29, 1.82) is 0 Å². The van der Waals surface area contributed by atoms with Gasteiger partial charge in [0.2, 0.25) is 11.5 Å². The molecule has 1 aliphatic rings. The molecule has 3 rings (SSSR count). The summed E-state index contributed by atoms with van der Waals surface area (Å²) in [4.78, 5) is 11.5. The number of aryl methyl sites for hydroxylation is 1. The van der Waals surface area contributed by atoms with Crippen molar-refractivity contribution in [3.63, 3.8) is 0 Å². The van der Waals surface area contributed by atoms with Gasteiger partial charge in [0.25, 0.3) is 0 Å². The number of pyridine rings is 1. The minimum atomic E-state index is -4.57. The minimum Gasteiger partial charge on any atom is -0.493 e. The standard InChI is InChI=1S/C20H20F5NO2/c1-26-11-14(2-3-18(26)27)15-8-16(20(23,24)25)10-17(9-15)28-12-13-4-6-19(21,22)7-5-13/h2-3,8-11,13H,4-7,12H2,1H3. The normalized spacial score (nSPS) is 17.5. The van der Waals surface area contributed by atoms with Gasteiger partial charge in [0, 0.05) is 32.2 Å². The fraction of sp³-hybridized carbons (Fsp3) is 0.450. The molecule has 0 N–H and O–H groups in total. The first-order valence-corrected chi connectivity index (χ1v) is 8.93. The molecule has 2 aromatic rings. The molecule has 0 atom stereocenters. The van der Waals surface area contributed by atoms with Gasteiger partial charge in [-0.25, -0.2) is 8.78 Å². The van der Waals surface area contributed by atoms with Gasteiger partial charge in [0.1, 0.15) is 5.75 Å². The summed E-state index contributed by atoms with van der Waals surface area (Å²) >= 11 is 0. The lowest BCUT2D eigenvalue weighted by Gasteiger charge is -2.28. The lowest BCUT2D eigenvalue weighted by molar-refractivity contribution is -0.137. The van der Waals surface area contributed by atoms with Crippen molar-refractivity contribution in [1.82, 2.24) is 4.57 Å². The van der Waals surface area contributed by atoms with Crippen LogP contribution in [0.4, 0.5) is 22.0 Å². The number of hydrogen-bond donors (Lipinski definition) is 0. The maximum atomic E-state index is 13.3. The molecule has 0 aliphatic heterocycles. The molecule has 1 saturated carbocycles. The van der Waals surface area contributed by atoms with E-state index >= 15 is 0 Å². The molecule has 28 heavy (non-hydrogen) atoms. The molecular weight excluding hydrogens is 381 g/mol. The van der Waals surface area contributed by atoms with Gasteiger partial charge in [-0.05, 0) is 54.2 Å². The Hall–Kier alpha value is -2.38. The highest BCUT2D eigenvalue weighted by atomic mass is 19.4. The van der Waals surface area contributed by atoms with Crippen molar-refractivity contribution < 1.29 is 26.7 Å². The molecule has 3 nitrogen and oxygen atoms in total. The predicted octanol–water partition coefficient (Wildman–Crippen LogP) is 5.28. The topological polar surface area (TPSA) is 31.2 Å². The first-order valence-electron chi connectivity index (χ1n) is 8.93. The van der Waals surface area contributed by atoms with E-state index in [4.69, 9.17) is 4.74 Å². The monoisotopic (exact) mass is 401 g/mol. The van der Waals surface area contributed by atoms with Crippen LogP contribution in [0.15, 0.2) is 41.3 Å². The number of nitrogens with zero attached hydrogens (tertiary/aromatic N) is 1. The van der Waals surface area contributed by atoms with Gasteiger partial charge in [-0.15, -0.1) is 0 Å². The molecule has 1 aromatic heterocycles. The third-order valence-corrected chi connectivity index (χ3v) is 4.98. The van der Waals surface area contributed by atoms with Crippen LogP contribution in [0.3, 0.4) is 0 Å². The van der Waals surface area contributed by atoms with Gasteiger partial charge in [0.15, 0.2) is 0 Å². The Bertz CT molecular complexity index is 894. The number of ether oxygens (including phenoxy) is 1. The predicted molar refractivity (Wildman–Crippen MR) is 94.5 cm³/mol. The Labute approximate surface area is 158 Å². The number of halogens is 5. The Morgan fingerprint density at radius 3 is 2.39 bits per heavy atom. The van der Waals surface area contributed by atoms with Crippen LogP contribution in [-0.4, -0.2) is 17.1 Å². The molecule has 1 aromatic carbocycles. The van der Waals surface area contributed by atoms with Gasteiger partial charge < -0.3 is 9.30 Å². The SMILES string of the molecule is Cn1cc(-c2cc(OCC3CCC(F)(F)CC3)cc(C(F)(F)F)c2)ccc1=O. The van der Waals surface area contributed by atoms with Crippen LogP contribution in [0.1, 0.15) is 31.2 Å². The number of alkyl halides is 5. The van der Waals surface area contributed by atoms with Gasteiger partial charge >= 0.3 is 6.18 Å². The average Bonchev–Trinajstić information content (AvgIpc) is 2.62. The summed E-state index contributed by atoms with van der Waals surface area (Å²) in [6.45, 7) is 0.0874. The van der Waals surface area contributed by atoms with Crippen molar-refractivity contribution in [2.45, 2.75) is 37.8 Å². The second-order valence-electron chi connectivity index (χ2n) is 7.22. The Kier molecular flexibility index (Phi) is 5.50. The van der Waals surface area contributed by atoms with Crippen LogP contribution >= 0.6 is 0 Å². The molecule has 0 spiro atoms. The van der Waals surface area contributed by atoms with E-state index in [1.54, 1.807) is 0 Å². The summed E-state index contributed by atoms with van der Waals surface area (Å²) < 4.78 is 73.2. The Morgan fingerprint density at radius 2 is 1.79 bits per heavy atom. The number of aromatic nitrogens is 1. The highest BCUT2D eigenvalue weighted by Crippen LogP contribution is 2.38. The molecule has 0 radical (unpaired) electrons. The van der Waals surface area contributed by atoms with E-state index in [-0.39, 0.29) is 55.1 Å². The van der Waals surface area contributed by atoms with E-state index < -0.39 is 17.7 Å².